The molecule has 0 aromatic heterocycles. The van der Waals surface area contributed by atoms with Crippen LogP contribution in [0.15, 0.2) is 54.6 Å². The molecule has 1 heterocycles. The Hall–Kier alpha value is -3.69. The summed E-state index contributed by atoms with van der Waals surface area (Å²) in [4.78, 5) is 41.6. The topological polar surface area (TPSA) is 85.4 Å². The Kier molecular flexibility index (Phi) is 8.65. The van der Waals surface area contributed by atoms with Gasteiger partial charge in [-0.3, -0.25) is 0 Å². The number of benzene rings is 2. The molecule has 8 nitrogen and oxygen atoms in total. The second kappa shape index (κ2) is 11.8. The van der Waals surface area contributed by atoms with Crippen LogP contribution < -0.4 is 0 Å². The maximum absolute atomic E-state index is 13.9. The molecule has 2 aliphatic rings. The first-order valence-electron chi connectivity index (χ1n) is 13.4. The van der Waals surface area contributed by atoms with Gasteiger partial charge in [-0.15, -0.1) is 0 Å². The number of halogens is 2. The molecule has 1 aliphatic carbocycles. The third-order valence-corrected chi connectivity index (χ3v) is 7.19. The lowest BCUT2D eigenvalue weighted by Crippen LogP contribution is -2.59. The molecule has 1 saturated carbocycles. The fourth-order valence-corrected chi connectivity index (χ4v) is 5.23. The number of piperidine rings is 1. The number of methoxy groups -OCH3 is 1. The fourth-order valence-electron chi connectivity index (χ4n) is 5.23. The van der Waals surface area contributed by atoms with Crippen molar-refractivity contribution in [3.63, 3.8) is 0 Å². The first kappa shape index (κ1) is 29.3. The normalized spacial score (nSPS) is 20.7. The van der Waals surface area contributed by atoms with Crippen molar-refractivity contribution in [1.29, 1.82) is 0 Å². The molecule has 4 rings (SSSR count). The van der Waals surface area contributed by atoms with Crippen LogP contribution in [0.2, 0.25) is 0 Å². The van der Waals surface area contributed by atoms with Gasteiger partial charge in [0.2, 0.25) is 0 Å². The van der Waals surface area contributed by atoms with Crippen molar-refractivity contribution < 1.29 is 37.4 Å². The van der Waals surface area contributed by atoms with Crippen molar-refractivity contribution in [1.82, 2.24) is 9.80 Å². The molecule has 2 atom stereocenters. The Labute approximate surface area is 233 Å². The summed E-state index contributed by atoms with van der Waals surface area (Å²) in [7, 11) is 1.29. The average Bonchev–Trinajstić information content (AvgIpc) is 2.90. The summed E-state index contributed by atoms with van der Waals surface area (Å²) in [6.07, 6.45) is -1.35. The highest BCUT2D eigenvalue weighted by molar-refractivity contribution is 5.89. The maximum Gasteiger partial charge on any atom is 0.410 e. The number of likely N-dealkylation sites (tertiary alicyclic amines) is 1. The average molecular weight is 559 g/mol. The van der Waals surface area contributed by atoms with E-state index >= 15 is 0 Å². The maximum atomic E-state index is 13.9. The van der Waals surface area contributed by atoms with E-state index in [0.717, 1.165) is 11.1 Å². The number of esters is 1. The number of rotatable bonds is 6. The number of hydrogen-bond acceptors (Lipinski definition) is 6. The Bertz CT molecular complexity index is 1190. The standard InChI is InChI=1S/C30H36F2N2O6/c1-29(2,3)40-28(37)34(24-17-30(31,32)18-24)23-14-15-33(27(36)39-19-20-8-6-5-7-9-20)25(16-23)21-10-12-22(13-11-21)26(35)38-4/h5-13,23-25H,14-19H2,1-4H3/t23-,25-/m0/s1. The van der Waals surface area contributed by atoms with Gasteiger partial charge in [0.05, 0.1) is 18.7 Å². The summed E-state index contributed by atoms with van der Waals surface area (Å²) in [6, 6.07) is 14.3. The number of alkyl halides is 2. The minimum Gasteiger partial charge on any atom is -0.465 e. The molecule has 0 N–H and O–H groups in total. The quantitative estimate of drug-likeness (QED) is 0.303. The van der Waals surface area contributed by atoms with Crippen molar-refractivity contribution >= 4 is 18.2 Å². The largest absolute Gasteiger partial charge is 0.465 e. The summed E-state index contributed by atoms with van der Waals surface area (Å²) >= 11 is 0. The Morgan fingerprint density at radius 1 is 1.00 bits per heavy atom. The van der Waals surface area contributed by atoms with Crippen LogP contribution in [0.1, 0.15) is 74.0 Å². The van der Waals surface area contributed by atoms with Crippen LogP contribution in [0.25, 0.3) is 0 Å². The second-order valence-electron chi connectivity index (χ2n) is 11.3. The van der Waals surface area contributed by atoms with Crippen molar-refractivity contribution in [2.24, 2.45) is 0 Å². The Morgan fingerprint density at radius 2 is 1.65 bits per heavy atom. The number of carbonyl (C=O) groups is 3. The lowest BCUT2D eigenvalue weighted by Gasteiger charge is -2.49. The Morgan fingerprint density at radius 3 is 2.23 bits per heavy atom. The van der Waals surface area contributed by atoms with Crippen LogP contribution in [0, 0.1) is 0 Å². The van der Waals surface area contributed by atoms with Gasteiger partial charge < -0.3 is 24.0 Å². The monoisotopic (exact) mass is 558 g/mol. The number of amides is 2. The highest BCUT2D eigenvalue weighted by Crippen LogP contribution is 2.44. The minimum atomic E-state index is -2.82. The molecular weight excluding hydrogens is 522 g/mol. The highest BCUT2D eigenvalue weighted by atomic mass is 19.3. The summed E-state index contributed by atoms with van der Waals surface area (Å²) in [6.45, 7) is 5.53. The van der Waals surface area contributed by atoms with Crippen LogP contribution in [-0.4, -0.2) is 65.2 Å². The third kappa shape index (κ3) is 7.08. The van der Waals surface area contributed by atoms with E-state index in [2.05, 4.69) is 0 Å². The van der Waals surface area contributed by atoms with Gasteiger partial charge in [-0.1, -0.05) is 42.5 Å². The molecule has 0 unspecified atom stereocenters. The molecule has 0 radical (unpaired) electrons. The molecule has 0 spiro atoms. The van der Waals surface area contributed by atoms with E-state index in [1.165, 1.54) is 12.0 Å². The van der Waals surface area contributed by atoms with Gasteiger partial charge in [-0.25, -0.2) is 23.2 Å². The summed E-state index contributed by atoms with van der Waals surface area (Å²) in [5.41, 5.74) is 1.11. The molecule has 2 fully saturated rings. The van der Waals surface area contributed by atoms with E-state index in [-0.39, 0.29) is 13.2 Å². The molecule has 10 heteroatoms. The van der Waals surface area contributed by atoms with E-state index in [1.54, 1.807) is 49.9 Å². The summed E-state index contributed by atoms with van der Waals surface area (Å²) in [5, 5.41) is 0. The van der Waals surface area contributed by atoms with Crippen LogP contribution in [0.3, 0.4) is 0 Å². The van der Waals surface area contributed by atoms with Crippen LogP contribution >= 0.6 is 0 Å². The van der Waals surface area contributed by atoms with E-state index in [1.807, 2.05) is 30.3 Å². The molecule has 2 aromatic carbocycles. The third-order valence-electron chi connectivity index (χ3n) is 7.19. The molecule has 2 aromatic rings. The minimum absolute atomic E-state index is 0.0921. The summed E-state index contributed by atoms with van der Waals surface area (Å²) < 4.78 is 43.8. The van der Waals surface area contributed by atoms with E-state index in [9.17, 15) is 23.2 Å². The van der Waals surface area contributed by atoms with E-state index in [0.29, 0.717) is 18.4 Å². The zero-order valence-corrected chi connectivity index (χ0v) is 23.3. The fraction of sp³-hybridized carbons (Fsp3) is 0.500. The number of nitrogens with zero attached hydrogens (tertiary/aromatic N) is 2. The van der Waals surface area contributed by atoms with Crippen LogP contribution in [0.5, 0.6) is 0 Å². The van der Waals surface area contributed by atoms with Gasteiger partial charge in [-0.2, -0.15) is 0 Å². The first-order chi connectivity index (χ1) is 18.9. The number of hydrogen-bond donors (Lipinski definition) is 0. The molecule has 216 valence electrons. The highest BCUT2D eigenvalue weighted by Gasteiger charge is 2.52. The number of carbonyl (C=O) groups excluding carboxylic acids is 3. The summed E-state index contributed by atoms with van der Waals surface area (Å²) in [5.74, 6) is -3.31. The zero-order valence-electron chi connectivity index (χ0n) is 23.3. The Balaban J connectivity index is 1.59. The van der Waals surface area contributed by atoms with Crippen molar-refractivity contribution in [3.8, 4) is 0 Å². The van der Waals surface area contributed by atoms with E-state index < -0.39 is 60.6 Å². The predicted octanol–water partition coefficient (Wildman–Crippen LogP) is 6.35. The molecule has 40 heavy (non-hydrogen) atoms. The molecule has 1 aliphatic heterocycles. The van der Waals surface area contributed by atoms with Crippen molar-refractivity contribution in [2.45, 2.75) is 82.7 Å². The number of ether oxygens (including phenoxy) is 3. The molecule has 1 saturated heterocycles. The molecular formula is C30H36F2N2O6. The van der Waals surface area contributed by atoms with Gasteiger partial charge in [0.25, 0.3) is 5.92 Å². The second-order valence-corrected chi connectivity index (χ2v) is 11.3. The molecule has 2 amide bonds. The van der Waals surface area contributed by atoms with Crippen molar-refractivity contribution in [2.75, 3.05) is 13.7 Å². The molecule has 0 bridgehead atoms. The first-order valence-corrected chi connectivity index (χ1v) is 13.4. The van der Waals surface area contributed by atoms with Crippen LogP contribution in [0.4, 0.5) is 18.4 Å². The lowest BCUT2D eigenvalue weighted by atomic mass is 9.83. The van der Waals surface area contributed by atoms with Crippen LogP contribution in [-0.2, 0) is 20.8 Å². The SMILES string of the molecule is COC(=O)c1ccc([C@@H]2C[C@@H](N(C(=O)OC(C)(C)C)C3CC(F)(F)C3)CCN2C(=O)OCc2ccccc2)cc1. The zero-order chi connectivity index (χ0) is 29.1. The van der Waals surface area contributed by atoms with Gasteiger partial charge in [-0.05, 0) is 56.9 Å². The van der Waals surface area contributed by atoms with Gasteiger partial charge in [0, 0.05) is 31.5 Å². The lowest BCUT2D eigenvalue weighted by molar-refractivity contribution is -0.133. The van der Waals surface area contributed by atoms with Gasteiger partial charge in [0.15, 0.2) is 0 Å². The predicted molar refractivity (Wildman–Crippen MR) is 143 cm³/mol. The smallest absolute Gasteiger partial charge is 0.410 e. The van der Waals surface area contributed by atoms with Crippen molar-refractivity contribution in [3.05, 3.63) is 71.3 Å². The van der Waals surface area contributed by atoms with Gasteiger partial charge in [0.1, 0.15) is 12.2 Å². The van der Waals surface area contributed by atoms with E-state index in [4.69, 9.17) is 14.2 Å². The van der Waals surface area contributed by atoms with Gasteiger partial charge >= 0.3 is 18.2 Å².